The van der Waals surface area contributed by atoms with Crippen LogP contribution >= 0.6 is 0 Å². The van der Waals surface area contributed by atoms with Gasteiger partial charge < -0.3 is 10.3 Å². The molecule has 0 saturated carbocycles. The second-order valence-corrected chi connectivity index (χ2v) is 6.70. The van der Waals surface area contributed by atoms with E-state index in [-0.39, 0.29) is 5.91 Å². The van der Waals surface area contributed by atoms with E-state index in [0.717, 1.165) is 40.4 Å². The molecule has 0 bridgehead atoms. The van der Waals surface area contributed by atoms with Crippen LogP contribution < -0.4 is 5.32 Å². The van der Waals surface area contributed by atoms with Crippen molar-refractivity contribution >= 4 is 33.3 Å². The van der Waals surface area contributed by atoms with Gasteiger partial charge in [-0.25, -0.2) is 0 Å². The zero-order valence-corrected chi connectivity index (χ0v) is 13.8. The summed E-state index contributed by atoms with van der Waals surface area (Å²) in [4.78, 5) is 15.9. The predicted molar refractivity (Wildman–Crippen MR) is 102 cm³/mol. The van der Waals surface area contributed by atoms with Crippen LogP contribution in [0.3, 0.4) is 0 Å². The Labute approximate surface area is 145 Å². The molecule has 3 heteroatoms. The molecule has 0 fully saturated rings. The van der Waals surface area contributed by atoms with Crippen molar-refractivity contribution in [3.63, 3.8) is 0 Å². The van der Waals surface area contributed by atoms with Gasteiger partial charge in [0, 0.05) is 28.2 Å². The Morgan fingerprint density at radius 1 is 0.920 bits per heavy atom. The number of aromatic amines is 1. The van der Waals surface area contributed by atoms with Gasteiger partial charge in [0.25, 0.3) is 0 Å². The minimum Gasteiger partial charge on any atom is -0.361 e. The maximum atomic E-state index is 12.6. The van der Waals surface area contributed by atoms with E-state index in [2.05, 4.69) is 34.6 Å². The quantitative estimate of drug-likeness (QED) is 0.568. The zero-order chi connectivity index (χ0) is 16.8. The second kappa shape index (κ2) is 5.49. The summed E-state index contributed by atoms with van der Waals surface area (Å²) in [5, 5.41) is 6.71. The molecule has 1 aliphatic rings. The molecule has 1 amide bonds. The minimum absolute atomic E-state index is 0.0171. The molecule has 0 spiro atoms. The number of hydrogen-bond donors (Lipinski definition) is 2. The molecule has 0 aliphatic heterocycles. The molecule has 0 radical (unpaired) electrons. The SMILES string of the molecule is O=C(Cc1c[nH]c2ccccc12)Nc1ccc2c3c(cccc13)CC2. The Morgan fingerprint density at radius 2 is 1.72 bits per heavy atom. The van der Waals surface area contributed by atoms with E-state index in [1.807, 2.05) is 36.5 Å². The van der Waals surface area contributed by atoms with Crippen LogP contribution in [0.25, 0.3) is 21.7 Å². The number of carbonyl (C=O) groups excluding carboxylic acids is 1. The molecule has 4 aromatic rings. The summed E-state index contributed by atoms with van der Waals surface area (Å²) in [5.74, 6) is 0.0171. The first-order valence-corrected chi connectivity index (χ1v) is 8.68. The third-order valence-electron chi connectivity index (χ3n) is 5.18. The van der Waals surface area contributed by atoms with Crippen molar-refractivity contribution in [3.8, 4) is 0 Å². The summed E-state index contributed by atoms with van der Waals surface area (Å²) in [5.41, 5.74) is 5.78. The number of H-pyrrole nitrogens is 1. The average Bonchev–Trinajstić information content (AvgIpc) is 3.23. The summed E-state index contributed by atoms with van der Waals surface area (Å²) in [7, 11) is 0. The molecular formula is C22H18N2O. The van der Waals surface area contributed by atoms with Crippen molar-refractivity contribution in [2.45, 2.75) is 19.3 Å². The van der Waals surface area contributed by atoms with Gasteiger partial charge in [0.15, 0.2) is 0 Å². The van der Waals surface area contributed by atoms with E-state index in [4.69, 9.17) is 0 Å². The van der Waals surface area contributed by atoms with Crippen LogP contribution in [0.4, 0.5) is 5.69 Å². The lowest BCUT2D eigenvalue weighted by Crippen LogP contribution is -2.14. The highest BCUT2D eigenvalue weighted by Crippen LogP contribution is 2.35. The normalized spacial score (nSPS) is 12.8. The van der Waals surface area contributed by atoms with Crippen LogP contribution in [-0.2, 0) is 24.1 Å². The van der Waals surface area contributed by atoms with E-state index in [0.29, 0.717) is 6.42 Å². The summed E-state index contributed by atoms with van der Waals surface area (Å²) in [6.07, 6.45) is 4.49. The highest BCUT2D eigenvalue weighted by Gasteiger charge is 2.17. The fraction of sp³-hybridized carbons (Fsp3) is 0.136. The summed E-state index contributed by atoms with van der Waals surface area (Å²) in [6, 6.07) is 18.6. The van der Waals surface area contributed by atoms with Gasteiger partial charge in [0.05, 0.1) is 6.42 Å². The maximum Gasteiger partial charge on any atom is 0.228 e. The number of hydrogen-bond acceptors (Lipinski definition) is 1. The molecule has 2 N–H and O–H groups in total. The Morgan fingerprint density at radius 3 is 2.64 bits per heavy atom. The number of para-hydroxylation sites is 1. The van der Waals surface area contributed by atoms with E-state index in [1.54, 1.807) is 0 Å². The van der Waals surface area contributed by atoms with Gasteiger partial charge in [-0.3, -0.25) is 4.79 Å². The fourth-order valence-electron chi connectivity index (χ4n) is 4.00. The summed E-state index contributed by atoms with van der Waals surface area (Å²) in [6.45, 7) is 0. The molecule has 122 valence electrons. The predicted octanol–water partition coefficient (Wildman–Crippen LogP) is 4.60. The number of aryl methyl sites for hydroxylation is 2. The summed E-state index contributed by atoms with van der Waals surface area (Å²) >= 11 is 0. The van der Waals surface area contributed by atoms with Crippen molar-refractivity contribution in [2.75, 3.05) is 5.32 Å². The number of amides is 1. The van der Waals surface area contributed by atoms with Gasteiger partial charge in [-0.2, -0.15) is 0 Å². The first-order valence-electron chi connectivity index (χ1n) is 8.68. The first-order chi connectivity index (χ1) is 12.3. The summed E-state index contributed by atoms with van der Waals surface area (Å²) < 4.78 is 0. The van der Waals surface area contributed by atoms with Crippen LogP contribution in [0, 0.1) is 0 Å². The Kier molecular flexibility index (Phi) is 3.14. The lowest BCUT2D eigenvalue weighted by Gasteiger charge is -2.10. The van der Waals surface area contributed by atoms with E-state index >= 15 is 0 Å². The van der Waals surface area contributed by atoms with Gasteiger partial charge in [0.2, 0.25) is 5.91 Å². The van der Waals surface area contributed by atoms with Gasteiger partial charge in [-0.15, -0.1) is 0 Å². The number of rotatable bonds is 3. The highest BCUT2D eigenvalue weighted by atomic mass is 16.1. The van der Waals surface area contributed by atoms with Crippen LogP contribution in [0.15, 0.2) is 60.8 Å². The van der Waals surface area contributed by atoms with E-state index < -0.39 is 0 Å². The molecule has 1 aromatic heterocycles. The Bertz CT molecular complexity index is 1110. The van der Waals surface area contributed by atoms with Crippen LogP contribution in [0.5, 0.6) is 0 Å². The third kappa shape index (κ3) is 2.31. The second-order valence-electron chi connectivity index (χ2n) is 6.70. The number of nitrogens with one attached hydrogen (secondary N) is 2. The molecule has 1 heterocycles. The van der Waals surface area contributed by atoms with Gasteiger partial charge in [-0.05, 0) is 47.1 Å². The molecule has 3 nitrogen and oxygen atoms in total. The van der Waals surface area contributed by atoms with Gasteiger partial charge >= 0.3 is 0 Å². The van der Waals surface area contributed by atoms with Gasteiger partial charge in [0.1, 0.15) is 0 Å². The van der Waals surface area contributed by atoms with Crippen molar-refractivity contribution in [2.24, 2.45) is 0 Å². The molecule has 0 atom stereocenters. The zero-order valence-electron chi connectivity index (χ0n) is 13.8. The van der Waals surface area contributed by atoms with E-state index in [9.17, 15) is 4.79 Å². The third-order valence-corrected chi connectivity index (χ3v) is 5.18. The molecule has 0 saturated heterocycles. The number of fused-ring (bicyclic) bond motifs is 1. The van der Waals surface area contributed by atoms with Crippen molar-refractivity contribution < 1.29 is 4.79 Å². The lowest BCUT2D eigenvalue weighted by molar-refractivity contribution is -0.115. The lowest BCUT2D eigenvalue weighted by atomic mass is 10.0. The number of carbonyl (C=O) groups is 1. The molecule has 3 aromatic carbocycles. The Balaban J connectivity index is 1.46. The minimum atomic E-state index is 0.0171. The smallest absolute Gasteiger partial charge is 0.228 e. The van der Waals surface area contributed by atoms with Crippen LogP contribution in [0.2, 0.25) is 0 Å². The largest absolute Gasteiger partial charge is 0.361 e. The fourth-order valence-corrected chi connectivity index (χ4v) is 4.00. The molecule has 25 heavy (non-hydrogen) atoms. The maximum absolute atomic E-state index is 12.6. The standard InChI is InChI=1S/C22H18N2O/c25-21(12-16-13-23-19-7-2-1-5-17(16)19)24-20-11-10-15-9-8-14-4-3-6-18(20)22(14)15/h1-7,10-11,13,23H,8-9,12H2,(H,24,25). The van der Waals surface area contributed by atoms with Crippen molar-refractivity contribution in [3.05, 3.63) is 77.5 Å². The number of anilines is 1. The van der Waals surface area contributed by atoms with Gasteiger partial charge in [-0.1, -0.05) is 42.5 Å². The number of aromatic nitrogens is 1. The topological polar surface area (TPSA) is 44.9 Å². The molecule has 1 aliphatic carbocycles. The first kappa shape index (κ1) is 14.3. The van der Waals surface area contributed by atoms with Crippen molar-refractivity contribution in [1.82, 2.24) is 4.98 Å². The highest BCUT2D eigenvalue weighted by molar-refractivity contribution is 6.06. The van der Waals surface area contributed by atoms with Crippen LogP contribution in [-0.4, -0.2) is 10.9 Å². The Hall–Kier alpha value is -3.07. The van der Waals surface area contributed by atoms with Crippen molar-refractivity contribution in [1.29, 1.82) is 0 Å². The molecular weight excluding hydrogens is 308 g/mol. The monoisotopic (exact) mass is 326 g/mol. The average molecular weight is 326 g/mol. The molecule has 5 rings (SSSR count). The molecule has 0 unspecified atom stereocenters. The number of benzene rings is 3. The van der Waals surface area contributed by atoms with E-state index in [1.165, 1.54) is 16.5 Å². The van der Waals surface area contributed by atoms with Crippen LogP contribution in [0.1, 0.15) is 16.7 Å².